The van der Waals surface area contributed by atoms with Crippen LogP contribution in [0.25, 0.3) is 0 Å². The van der Waals surface area contributed by atoms with Gasteiger partial charge in [-0.3, -0.25) is 0 Å². The molecule has 0 N–H and O–H groups in total. The second kappa shape index (κ2) is 7.96. The number of imidazole rings is 1. The highest BCUT2D eigenvalue weighted by Crippen LogP contribution is 2.25. The minimum absolute atomic E-state index is 0.00543. The third kappa shape index (κ3) is 5.12. The Balaban J connectivity index is 1.75. The molecule has 0 amide bonds. The fourth-order valence-electron chi connectivity index (χ4n) is 2.88. The molecule has 1 unspecified atom stereocenters. The molecule has 0 radical (unpaired) electrons. The molecule has 1 aromatic heterocycles. The lowest BCUT2D eigenvalue weighted by atomic mass is 9.87. The van der Waals surface area contributed by atoms with Crippen LogP contribution in [0.1, 0.15) is 31.9 Å². The van der Waals surface area contributed by atoms with E-state index < -0.39 is 0 Å². The molecule has 1 atom stereocenters. The Kier molecular flexibility index (Phi) is 5.67. The largest absolute Gasteiger partial charge is 0.488 e. The lowest BCUT2D eigenvalue weighted by molar-refractivity contribution is 0.180. The van der Waals surface area contributed by atoms with Crippen molar-refractivity contribution in [2.45, 2.75) is 45.3 Å². The number of aromatic nitrogens is 2. The Bertz CT molecular complexity index is 803. The van der Waals surface area contributed by atoms with Crippen molar-refractivity contribution in [3.63, 3.8) is 0 Å². The van der Waals surface area contributed by atoms with Crippen LogP contribution in [-0.4, -0.2) is 15.7 Å². The van der Waals surface area contributed by atoms with Crippen molar-refractivity contribution < 1.29 is 4.74 Å². The molecular weight excluding hydrogens is 344 g/mol. The zero-order chi connectivity index (χ0) is 18.6. The Labute approximate surface area is 160 Å². The normalized spacial score (nSPS) is 12.8. The molecule has 4 heteroatoms. The molecule has 0 bridgehead atoms. The van der Waals surface area contributed by atoms with E-state index in [0.717, 1.165) is 23.7 Å². The van der Waals surface area contributed by atoms with Gasteiger partial charge in [-0.25, -0.2) is 4.98 Å². The smallest absolute Gasteiger partial charge is 0.121 e. The lowest BCUT2D eigenvalue weighted by Gasteiger charge is -2.22. The van der Waals surface area contributed by atoms with Crippen LogP contribution in [0.15, 0.2) is 67.3 Å². The van der Waals surface area contributed by atoms with Gasteiger partial charge in [0.25, 0.3) is 0 Å². The van der Waals surface area contributed by atoms with Crippen molar-refractivity contribution in [1.82, 2.24) is 9.55 Å². The monoisotopic (exact) mass is 368 g/mol. The van der Waals surface area contributed by atoms with Gasteiger partial charge in [0.1, 0.15) is 11.9 Å². The number of rotatable bonds is 6. The van der Waals surface area contributed by atoms with Gasteiger partial charge in [-0.1, -0.05) is 56.6 Å². The number of hydrogen-bond donors (Lipinski definition) is 0. The predicted molar refractivity (Wildman–Crippen MR) is 107 cm³/mol. The van der Waals surface area contributed by atoms with Crippen molar-refractivity contribution >= 4 is 11.6 Å². The highest BCUT2D eigenvalue weighted by atomic mass is 35.5. The molecule has 2 aromatic carbocycles. The molecule has 0 fully saturated rings. The summed E-state index contributed by atoms with van der Waals surface area (Å²) in [6.07, 6.45) is 6.38. The molecule has 3 rings (SSSR count). The van der Waals surface area contributed by atoms with Crippen LogP contribution in [-0.2, 0) is 18.4 Å². The minimum atomic E-state index is 0.00543. The first-order valence-electron chi connectivity index (χ1n) is 8.87. The molecule has 0 saturated heterocycles. The average molecular weight is 369 g/mol. The fourth-order valence-corrected chi connectivity index (χ4v) is 3.01. The maximum absolute atomic E-state index is 6.31. The van der Waals surface area contributed by atoms with E-state index in [0.29, 0.717) is 0 Å². The summed E-state index contributed by atoms with van der Waals surface area (Å²) in [4.78, 5) is 4.13. The summed E-state index contributed by atoms with van der Waals surface area (Å²) in [5.41, 5.74) is 2.64. The van der Waals surface area contributed by atoms with E-state index in [1.165, 1.54) is 11.1 Å². The topological polar surface area (TPSA) is 27.1 Å². The van der Waals surface area contributed by atoms with E-state index >= 15 is 0 Å². The van der Waals surface area contributed by atoms with Crippen LogP contribution >= 0.6 is 11.6 Å². The van der Waals surface area contributed by atoms with Crippen LogP contribution < -0.4 is 4.74 Å². The van der Waals surface area contributed by atoms with E-state index in [1.54, 1.807) is 6.20 Å². The molecule has 136 valence electrons. The summed E-state index contributed by atoms with van der Waals surface area (Å²) in [7, 11) is 0. The Hall–Kier alpha value is -2.26. The van der Waals surface area contributed by atoms with E-state index in [2.05, 4.69) is 62.2 Å². The van der Waals surface area contributed by atoms with Crippen LogP contribution in [0.5, 0.6) is 5.75 Å². The van der Waals surface area contributed by atoms with Crippen LogP contribution in [0.2, 0.25) is 5.02 Å². The zero-order valence-electron chi connectivity index (χ0n) is 15.5. The average Bonchev–Trinajstić information content (AvgIpc) is 3.09. The van der Waals surface area contributed by atoms with Gasteiger partial charge in [0.05, 0.1) is 12.9 Å². The second-order valence-electron chi connectivity index (χ2n) is 7.60. The van der Waals surface area contributed by atoms with Crippen LogP contribution in [0, 0.1) is 0 Å². The van der Waals surface area contributed by atoms with Gasteiger partial charge in [0, 0.05) is 23.8 Å². The van der Waals surface area contributed by atoms with Gasteiger partial charge in [-0.05, 0) is 40.8 Å². The summed E-state index contributed by atoms with van der Waals surface area (Å²) in [6, 6.07) is 16.3. The molecule has 0 aliphatic heterocycles. The van der Waals surface area contributed by atoms with E-state index in [-0.39, 0.29) is 11.5 Å². The summed E-state index contributed by atoms with van der Waals surface area (Å²) in [5, 5.41) is 0.749. The molecule has 3 nitrogen and oxygen atoms in total. The van der Waals surface area contributed by atoms with E-state index in [9.17, 15) is 0 Å². The SMILES string of the molecule is CC(C)(C)c1ccc(OC(Cc2ccc(Cl)cc2)Cn2ccnc2)cc1. The summed E-state index contributed by atoms with van der Waals surface area (Å²) < 4.78 is 8.35. The third-order valence-electron chi connectivity index (χ3n) is 4.37. The summed E-state index contributed by atoms with van der Waals surface area (Å²) in [6.45, 7) is 7.38. The molecule has 0 aliphatic carbocycles. The van der Waals surface area contributed by atoms with Crippen molar-refractivity contribution in [3.8, 4) is 5.75 Å². The number of hydrogen-bond acceptors (Lipinski definition) is 2. The molecule has 0 saturated carbocycles. The van der Waals surface area contributed by atoms with Crippen molar-refractivity contribution in [2.24, 2.45) is 0 Å². The second-order valence-corrected chi connectivity index (χ2v) is 8.04. The molecule has 3 aromatic rings. The number of ether oxygens (including phenoxy) is 1. The van der Waals surface area contributed by atoms with Gasteiger partial charge in [0.15, 0.2) is 0 Å². The molecular formula is C22H25ClN2O. The molecule has 0 spiro atoms. The molecule has 1 heterocycles. The third-order valence-corrected chi connectivity index (χ3v) is 4.63. The Morgan fingerprint density at radius 1 is 1.04 bits per heavy atom. The number of benzene rings is 2. The van der Waals surface area contributed by atoms with Crippen molar-refractivity contribution in [1.29, 1.82) is 0 Å². The quantitative estimate of drug-likeness (QED) is 0.572. The van der Waals surface area contributed by atoms with Crippen LogP contribution in [0.4, 0.5) is 0 Å². The highest BCUT2D eigenvalue weighted by molar-refractivity contribution is 6.30. The lowest BCUT2D eigenvalue weighted by Crippen LogP contribution is -2.25. The first-order valence-corrected chi connectivity index (χ1v) is 9.25. The van der Waals surface area contributed by atoms with Crippen molar-refractivity contribution in [2.75, 3.05) is 0 Å². The summed E-state index contributed by atoms with van der Waals surface area (Å²) >= 11 is 6.00. The zero-order valence-corrected chi connectivity index (χ0v) is 16.3. The number of halogens is 1. The van der Waals surface area contributed by atoms with Gasteiger partial charge in [-0.2, -0.15) is 0 Å². The fraction of sp³-hybridized carbons (Fsp3) is 0.318. The predicted octanol–water partition coefficient (Wildman–Crippen LogP) is 5.52. The number of nitrogens with zero attached hydrogens (tertiary/aromatic N) is 2. The first kappa shape index (κ1) is 18.5. The van der Waals surface area contributed by atoms with E-state index in [1.807, 2.05) is 29.2 Å². The maximum atomic E-state index is 6.31. The van der Waals surface area contributed by atoms with Gasteiger partial charge >= 0.3 is 0 Å². The standard InChI is InChI=1S/C22H25ClN2O/c1-22(2,3)18-6-10-20(11-7-18)26-21(15-25-13-12-24-16-25)14-17-4-8-19(23)9-5-17/h4-13,16,21H,14-15H2,1-3H3. The maximum Gasteiger partial charge on any atom is 0.121 e. The minimum Gasteiger partial charge on any atom is -0.488 e. The van der Waals surface area contributed by atoms with E-state index in [4.69, 9.17) is 16.3 Å². The van der Waals surface area contributed by atoms with Crippen molar-refractivity contribution in [3.05, 3.63) is 83.4 Å². The molecule has 0 aliphatic rings. The van der Waals surface area contributed by atoms with Gasteiger partial charge in [0.2, 0.25) is 0 Å². The highest BCUT2D eigenvalue weighted by Gasteiger charge is 2.16. The Morgan fingerprint density at radius 3 is 2.31 bits per heavy atom. The molecule has 26 heavy (non-hydrogen) atoms. The Morgan fingerprint density at radius 2 is 1.73 bits per heavy atom. The van der Waals surface area contributed by atoms with Gasteiger partial charge < -0.3 is 9.30 Å². The summed E-state index contributed by atoms with van der Waals surface area (Å²) in [5.74, 6) is 0.886. The van der Waals surface area contributed by atoms with Gasteiger partial charge in [-0.15, -0.1) is 0 Å². The van der Waals surface area contributed by atoms with Crippen LogP contribution in [0.3, 0.4) is 0 Å². The first-order chi connectivity index (χ1) is 12.4.